The van der Waals surface area contributed by atoms with Gasteiger partial charge in [-0.15, -0.1) is 10.2 Å². The van der Waals surface area contributed by atoms with Crippen LogP contribution in [0.2, 0.25) is 5.15 Å². The van der Waals surface area contributed by atoms with Crippen molar-refractivity contribution in [2.75, 3.05) is 25.0 Å². The van der Waals surface area contributed by atoms with Gasteiger partial charge in [0.25, 0.3) is 0 Å². The maximum absolute atomic E-state index is 13.7. The normalized spacial score (nSPS) is 26.0. The molecule has 1 aromatic carbocycles. The molecule has 3 atom stereocenters. The van der Waals surface area contributed by atoms with Gasteiger partial charge in [0.05, 0.1) is 12.0 Å². The highest BCUT2D eigenvalue weighted by Gasteiger charge is 2.49. The van der Waals surface area contributed by atoms with Crippen molar-refractivity contribution in [1.29, 1.82) is 0 Å². The van der Waals surface area contributed by atoms with E-state index in [0.717, 1.165) is 57.2 Å². The van der Waals surface area contributed by atoms with E-state index < -0.39 is 5.41 Å². The van der Waals surface area contributed by atoms with Crippen molar-refractivity contribution in [3.05, 3.63) is 53.2 Å². The number of nitrogens with one attached hydrogen (secondary N) is 1. The molecule has 3 aliphatic rings. The molecular formula is C27H33ClN4O3. The summed E-state index contributed by atoms with van der Waals surface area (Å²) in [5.74, 6) is 1.11. The standard InChI is InChI=1S/C27H33ClN4O3/c28-23-10-11-24(31-30-23)29-25(33)18-32-15-12-21-19(17-32)16-22(21)35-26(34)27(13-6-1-2-7-14-27)20-8-4-3-5-9-20/h3-5,8-11,19,21-22H,1-2,6-7,12-18H2,(H,29,31,33)/t19?,21?,22-/m0/s1. The SMILES string of the molecule is O=C(CN1CCC2C(C[C@@H]2OC(=O)C2(c3ccccc3)CCCCCC2)C1)Nc1ccc(Cl)nn1. The Hall–Kier alpha value is -2.51. The van der Waals surface area contributed by atoms with Crippen LogP contribution in [0.3, 0.4) is 0 Å². The number of hydrogen-bond donors (Lipinski definition) is 1. The van der Waals surface area contributed by atoms with Gasteiger partial charge in [-0.3, -0.25) is 14.5 Å². The van der Waals surface area contributed by atoms with Gasteiger partial charge in [0.1, 0.15) is 6.10 Å². The third kappa shape index (κ3) is 5.36. The lowest BCUT2D eigenvalue weighted by atomic mass is 9.66. The first-order valence-corrected chi connectivity index (χ1v) is 13.2. The van der Waals surface area contributed by atoms with Gasteiger partial charge in [-0.1, -0.05) is 67.6 Å². The van der Waals surface area contributed by atoms with Gasteiger partial charge >= 0.3 is 5.97 Å². The van der Waals surface area contributed by atoms with Crippen LogP contribution in [0.1, 0.15) is 56.9 Å². The van der Waals surface area contributed by atoms with E-state index in [-0.39, 0.29) is 18.0 Å². The zero-order valence-electron chi connectivity index (χ0n) is 20.0. The lowest BCUT2D eigenvalue weighted by Crippen LogP contribution is -2.56. The smallest absolute Gasteiger partial charge is 0.316 e. The molecular weight excluding hydrogens is 464 g/mol. The third-order valence-corrected chi connectivity index (χ3v) is 8.29. The second-order valence-corrected chi connectivity index (χ2v) is 10.7. The van der Waals surface area contributed by atoms with Gasteiger partial charge in [0, 0.05) is 12.5 Å². The minimum atomic E-state index is -0.508. The van der Waals surface area contributed by atoms with Crippen LogP contribution in [-0.4, -0.2) is 52.7 Å². The first-order valence-electron chi connectivity index (χ1n) is 12.8. The highest BCUT2D eigenvalue weighted by atomic mass is 35.5. The average Bonchev–Trinajstić information content (AvgIpc) is 3.12. The number of carbonyl (C=O) groups is 2. The molecule has 2 saturated carbocycles. The molecule has 0 spiro atoms. The number of esters is 1. The summed E-state index contributed by atoms with van der Waals surface area (Å²) in [5.41, 5.74) is 0.598. The van der Waals surface area contributed by atoms with Crippen molar-refractivity contribution in [1.82, 2.24) is 15.1 Å². The molecule has 1 N–H and O–H groups in total. The van der Waals surface area contributed by atoms with Crippen LogP contribution in [0.4, 0.5) is 5.82 Å². The summed E-state index contributed by atoms with van der Waals surface area (Å²) in [4.78, 5) is 28.3. The van der Waals surface area contributed by atoms with E-state index in [1.165, 1.54) is 12.8 Å². The van der Waals surface area contributed by atoms with Crippen LogP contribution in [0, 0.1) is 11.8 Å². The van der Waals surface area contributed by atoms with Gasteiger partial charge in [0.2, 0.25) is 5.91 Å². The number of carbonyl (C=O) groups excluding carboxylic acids is 2. The monoisotopic (exact) mass is 496 g/mol. The topological polar surface area (TPSA) is 84.4 Å². The predicted octanol–water partition coefficient (Wildman–Crippen LogP) is 4.61. The molecule has 1 amide bonds. The number of rotatable bonds is 6. The molecule has 5 rings (SSSR count). The number of benzene rings is 1. The Labute approximate surface area is 211 Å². The van der Waals surface area contributed by atoms with Gasteiger partial charge in [-0.2, -0.15) is 0 Å². The highest BCUT2D eigenvalue weighted by Crippen LogP contribution is 2.45. The summed E-state index contributed by atoms with van der Waals surface area (Å²) >= 11 is 5.75. The molecule has 2 heterocycles. The largest absolute Gasteiger partial charge is 0.461 e. The third-order valence-electron chi connectivity index (χ3n) is 8.09. The molecule has 1 saturated heterocycles. The maximum atomic E-state index is 13.7. The predicted molar refractivity (Wildman–Crippen MR) is 134 cm³/mol. The highest BCUT2D eigenvalue weighted by molar-refractivity contribution is 6.29. The van der Waals surface area contributed by atoms with Crippen molar-refractivity contribution >= 4 is 29.3 Å². The summed E-state index contributed by atoms with van der Waals surface area (Å²) in [6, 6.07) is 13.5. The molecule has 2 aliphatic carbocycles. The quantitative estimate of drug-likeness (QED) is 0.464. The van der Waals surface area contributed by atoms with Crippen LogP contribution in [0.25, 0.3) is 0 Å². The minimum absolute atomic E-state index is 0.00309. The molecule has 1 aliphatic heterocycles. The fraction of sp³-hybridized carbons (Fsp3) is 0.556. The summed E-state index contributed by atoms with van der Waals surface area (Å²) in [6.45, 7) is 1.98. The Kier molecular flexibility index (Phi) is 7.35. The average molecular weight is 497 g/mol. The summed E-state index contributed by atoms with van der Waals surface area (Å²) in [5, 5.41) is 10.7. The molecule has 3 fully saturated rings. The van der Waals surface area contributed by atoms with Crippen LogP contribution >= 0.6 is 11.6 Å². The van der Waals surface area contributed by atoms with Crippen molar-refractivity contribution in [3.8, 4) is 0 Å². The number of amides is 1. The lowest BCUT2D eigenvalue weighted by Gasteiger charge is -2.50. The van der Waals surface area contributed by atoms with Crippen LogP contribution in [-0.2, 0) is 19.7 Å². The van der Waals surface area contributed by atoms with Crippen molar-refractivity contribution in [3.63, 3.8) is 0 Å². The first kappa shape index (κ1) is 24.2. The minimum Gasteiger partial charge on any atom is -0.461 e. The van der Waals surface area contributed by atoms with E-state index in [4.69, 9.17) is 16.3 Å². The second kappa shape index (κ2) is 10.6. The summed E-state index contributed by atoms with van der Waals surface area (Å²) < 4.78 is 6.25. The van der Waals surface area contributed by atoms with Crippen LogP contribution in [0.5, 0.6) is 0 Å². The first-order chi connectivity index (χ1) is 17.0. The van der Waals surface area contributed by atoms with E-state index in [0.29, 0.717) is 29.4 Å². The molecule has 186 valence electrons. The van der Waals surface area contributed by atoms with Gasteiger partial charge in [-0.25, -0.2) is 0 Å². The Bertz CT molecular complexity index is 1020. The van der Waals surface area contributed by atoms with E-state index >= 15 is 0 Å². The number of anilines is 1. The molecule has 0 bridgehead atoms. The fourth-order valence-electron chi connectivity index (χ4n) is 6.14. The summed E-state index contributed by atoms with van der Waals surface area (Å²) in [7, 11) is 0. The Balaban J connectivity index is 1.15. The molecule has 0 radical (unpaired) electrons. The van der Waals surface area contributed by atoms with Crippen LogP contribution < -0.4 is 5.32 Å². The zero-order chi connectivity index (χ0) is 24.3. The number of halogens is 1. The number of ether oxygens (including phenoxy) is 1. The Morgan fingerprint density at radius 3 is 2.51 bits per heavy atom. The molecule has 2 unspecified atom stereocenters. The Morgan fingerprint density at radius 1 is 1.06 bits per heavy atom. The number of fused-ring (bicyclic) bond motifs is 1. The van der Waals surface area contributed by atoms with Crippen molar-refractivity contribution < 1.29 is 14.3 Å². The molecule has 2 aromatic rings. The second-order valence-electron chi connectivity index (χ2n) is 10.3. The van der Waals surface area contributed by atoms with Crippen molar-refractivity contribution in [2.24, 2.45) is 11.8 Å². The van der Waals surface area contributed by atoms with E-state index in [9.17, 15) is 9.59 Å². The number of hydrogen-bond acceptors (Lipinski definition) is 6. The lowest BCUT2D eigenvalue weighted by molar-refractivity contribution is -0.176. The van der Waals surface area contributed by atoms with Gasteiger partial charge in [0.15, 0.2) is 11.0 Å². The van der Waals surface area contributed by atoms with Gasteiger partial charge < -0.3 is 10.1 Å². The zero-order valence-corrected chi connectivity index (χ0v) is 20.8. The van der Waals surface area contributed by atoms with E-state index in [1.807, 2.05) is 18.2 Å². The fourth-order valence-corrected chi connectivity index (χ4v) is 6.24. The maximum Gasteiger partial charge on any atom is 0.316 e. The molecule has 1 aromatic heterocycles. The summed E-state index contributed by atoms with van der Waals surface area (Å²) in [6.07, 6.45) is 8.07. The van der Waals surface area contributed by atoms with Crippen LogP contribution in [0.15, 0.2) is 42.5 Å². The van der Waals surface area contributed by atoms with E-state index in [2.05, 4.69) is 32.5 Å². The number of piperidine rings is 1. The van der Waals surface area contributed by atoms with Gasteiger partial charge in [-0.05, 0) is 55.8 Å². The number of aromatic nitrogens is 2. The Morgan fingerprint density at radius 2 is 1.83 bits per heavy atom. The number of nitrogens with zero attached hydrogens (tertiary/aromatic N) is 3. The number of likely N-dealkylation sites (tertiary alicyclic amines) is 1. The molecule has 8 heteroatoms. The van der Waals surface area contributed by atoms with E-state index in [1.54, 1.807) is 12.1 Å². The molecule has 7 nitrogen and oxygen atoms in total. The van der Waals surface area contributed by atoms with Crippen molar-refractivity contribution in [2.45, 2.75) is 62.9 Å². The molecule has 35 heavy (non-hydrogen) atoms.